The average molecular weight is 422 g/mol. The van der Waals surface area contributed by atoms with Gasteiger partial charge in [0.25, 0.3) is 0 Å². The van der Waals surface area contributed by atoms with Gasteiger partial charge in [0.1, 0.15) is 17.1 Å². The molecule has 3 aromatic carbocycles. The van der Waals surface area contributed by atoms with Crippen LogP contribution >= 0.6 is 11.6 Å². The zero-order valence-electron chi connectivity index (χ0n) is 16.8. The second-order valence-corrected chi connectivity index (χ2v) is 6.90. The van der Waals surface area contributed by atoms with Crippen LogP contribution < -0.4 is 19.6 Å². The Bertz CT molecular complexity index is 1280. The van der Waals surface area contributed by atoms with Gasteiger partial charge in [0.15, 0.2) is 11.5 Å². The summed E-state index contributed by atoms with van der Waals surface area (Å²) in [5, 5.41) is 2.17. The molecule has 1 heterocycles. The highest BCUT2D eigenvalue weighted by molar-refractivity contribution is 6.32. The molecule has 0 aliphatic heterocycles. The fourth-order valence-electron chi connectivity index (χ4n) is 3.21. The zero-order chi connectivity index (χ0) is 21.1. The summed E-state index contributed by atoms with van der Waals surface area (Å²) in [5.41, 5.74) is 2.29. The van der Waals surface area contributed by atoms with Crippen molar-refractivity contribution < 1.29 is 18.6 Å². The van der Waals surface area contributed by atoms with E-state index in [1.165, 1.54) is 0 Å². The van der Waals surface area contributed by atoms with E-state index in [2.05, 4.69) is 0 Å². The van der Waals surface area contributed by atoms with Gasteiger partial charge >= 0.3 is 0 Å². The summed E-state index contributed by atoms with van der Waals surface area (Å²) < 4.78 is 22.1. The lowest BCUT2D eigenvalue weighted by Crippen LogP contribution is -2.03. The maximum absolute atomic E-state index is 6.27. The van der Waals surface area contributed by atoms with Crippen LogP contribution in [0.2, 0.25) is 5.02 Å². The molecule has 6 heteroatoms. The first-order valence-corrected chi connectivity index (χ1v) is 9.64. The first kappa shape index (κ1) is 19.9. The smallest absolute Gasteiger partial charge is 0.161 e. The van der Waals surface area contributed by atoms with Crippen LogP contribution in [0.25, 0.3) is 22.3 Å². The van der Waals surface area contributed by atoms with E-state index in [0.717, 1.165) is 27.6 Å². The van der Waals surface area contributed by atoms with Crippen molar-refractivity contribution in [3.63, 3.8) is 0 Å². The van der Waals surface area contributed by atoms with E-state index >= 15 is 0 Å². The van der Waals surface area contributed by atoms with Crippen molar-refractivity contribution in [2.45, 2.75) is 0 Å². The summed E-state index contributed by atoms with van der Waals surface area (Å²) in [6.45, 7) is 0. The fourth-order valence-corrected chi connectivity index (χ4v) is 3.46. The van der Waals surface area contributed by atoms with Gasteiger partial charge in [0.05, 0.1) is 37.4 Å². The van der Waals surface area contributed by atoms with Crippen LogP contribution in [0.15, 0.2) is 76.1 Å². The van der Waals surface area contributed by atoms with Gasteiger partial charge in [-0.3, -0.25) is 0 Å². The molecular formula is C24H20ClNO4. The number of methoxy groups -OCH3 is 3. The van der Waals surface area contributed by atoms with Crippen LogP contribution in [0.4, 0.5) is 5.69 Å². The van der Waals surface area contributed by atoms with Gasteiger partial charge in [-0.25, -0.2) is 4.99 Å². The summed E-state index contributed by atoms with van der Waals surface area (Å²) >= 11 is 6.27. The number of hydrogen-bond acceptors (Lipinski definition) is 5. The van der Waals surface area contributed by atoms with Crippen molar-refractivity contribution in [2.24, 2.45) is 4.99 Å². The van der Waals surface area contributed by atoms with Crippen LogP contribution in [-0.4, -0.2) is 21.3 Å². The molecule has 0 aliphatic rings. The standard InChI is InChI=1S/C24H20ClNO4/c1-27-21-11-9-16(13-18(21)25)26-19-14-23(30-20-7-5-4-6-17(19)20)15-8-10-22(28-2)24(12-15)29-3/h4-14H,1-3H3. The van der Waals surface area contributed by atoms with E-state index in [9.17, 15) is 0 Å². The van der Waals surface area contributed by atoms with Crippen LogP contribution in [0.3, 0.4) is 0 Å². The van der Waals surface area contributed by atoms with Crippen molar-refractivity contribution in [1.29, 1.82) is 0 Å². The molecule has 0 bridgehead atoms. The van der Waals surface area contributed by atoms with Crippen LogP contribution in [0.5, 0.6) is 17.2 Å². The molecule has 0 saturated heterocycles. The Kier molecular flexibility index (Phi) is 5.63. The number of fused-ring (bicyclic) bond motifs is 1. The number of nitrogens with zero attached hydrogens (tertiary/aromatic N) is 1. The maximum Gasteiger partial charge on any atom is 0.161 e. The first-order chi connectivity index (χ1) is 14.6. The van der Waals surface area contributed by atoms with Gasteiger partial charge in [0.2, 0.25) is 0 Å². The molecule has 0 spiro atoms. The molecule has 0 saturated carbocycles. The van der Waals surface area contributed by atoms with Crippen LogP contribution in [0.1, 0.15) is 0 Å². The number of ether oxygens (including phenoxy) is 3. The zero-order valence-corrected chi connectivity index (χ0v) is 17.6. The predicted molar refractivity (Wildman–Crippen MR) is 118 cm³/mol. The Labute approximate surface area is 179 Å². The molecule has 152 valence electrons. The van der Waals surface area contributed by atoms with Crippen molar-refractivity contribution in [2.75, 3.05) is 21.3 Å². The van der Waals surface area contributed by atoms with Gasteiger partial charge in [-0.15, -0.1) is 0 Å². The first-order valence-electron chi connectivity index (χ1n) is 9.26. The molecule has 0 aliphatic carbocycles. The number of rotatable bonds is 5. The third kappa shape index (κ3) is 3.84. The minimum Gasteiger partial charge on any atom is -0.495 e. The molecule has 0 atom stereocenters. The molecule has 4 rings (SSSR count). The second kappa shape index (κ2) is 8.51. The Hall–Kier alpha value is -3.44. The summed E-state index contributed by atoms with van der Waals surface area (Å²) in [5.74, 6) is 2.54. The highest BCUT2D eigenvalue weighted by atomic mass is 35.5. The Morgan fingerprint density at radius 1 is 0.767 bits per heavy atom. The number of hydrogen-bond donors (Lipinski definition) is 0. The minimum absolute atomic E-state index is 0.504. The highest BCUT2D eigenvalue weighted by Crippen LogP contribution is 2.33. The lowest BCUT2D eigenvalue weighted by atomic mass is 10.1. The van der Waals surface area contributed by atoms with Crippen molar-refractivity contribution >= 4 is 28.3 Å². The van der Waals surface area contributed by atoms with Crippen LogP contribution in [0, 0.1) is 0 Å². The molecule has 0 unspecified atom stereocenters. The van der Waals surface area contributed by atoms with E-state index in [0.29, 0.717) is 28.0 Å². The van der Waals surface area contributed by atoms with Crippen molar-refractivity contribution in [1.82, 2.24) is 0 Å². The third-order valence-corrected chi connectivity index (χ3v) is 5.00. The Morgan fingerprint density at radius 3 is 2.23 bits per heavy atom. The van der Waals surface area contributed by atoms with E-state index < -0.39 is 0 Å². The third-order valence-electron chi connectivity index (χ3n) is 4.70. The van der Waals surface area contributed by atoms with Gasteiger partial charge in [-0.1, -0.05) is 23.7 Å². The van der Waals surface area contributed by atoms with Gasteiger partial charge in [-0.05, 0) is 48.5 Å². The van der Waals surface area contributed by atoms with E-state index in [1.54, 1.807) is 33.5 Å². The van der Waals surface area contributed by atoms with Crippen LogP contribution in [-0.2, 0) is 0 Å². The lowest BCUT2D eigenvalue weighted by Gasteiger charge is -2.10. The second-order valence-electron chi connectivity index (χ2n) is 6.49. The van der Waals surface area contributed by atoms with Gasteiger partial charge in [0, 0.05) is 17.0 Å². The van der Waals surface area contributed by atoms with E-state index in [-0.39, 0.29) is 0 Å². The monoisotopic (exact) mass is 421 g/mol. The minimum atomic E-state index is 0.504. The lowest BCUT2D eigenvalue weighted by molar-refractivity contribution is 0.355. The van der Waals surface area contributed by atoms with E-state index in [1.807, 2.05) is 54.6 Å². The summed E-state index contributed by atoms with van der Waals surface area (Å²) in [4.78, 5) is 4.81. The fraction of sp³-hybridized carbons (Fsp3) is 0.125. The largest absolute Gasteiger partial charge is 0.495 e. The SMILES string of the molecule is COc1ccc(N=c2cc(-c3ccc(OC)c(OC)c3)oc3ccccc23)cc1Cl. The molecule has 0 radical (unpaired) electrons. The molecule has 0 N–H and O–H groups in total. The highest BCUT2D eigenvalue weighted by Gasteiger charge is 2.10. The van der Waals surface area contributed by atoms with Crippen molar-refractivity contribution in [3.8, 4) is 28.6 Å². The van der Waals surface area contributed by atoms with E-state index in [4.69, 9.17) is 35.2 Å². The number of benzene rings is 3. The molecule has 1 aromatic heterocycles. The topological polar surface area (TPSA) is 53.2 Å². The Balaban J connectivity index is 1.91. The summed E-state index contributed by atoms with van der Waals surface area (Å²) in [6, 6.07) is 20.7. The molecule has 0 amide bonds. The molecule has 5 nitrogen and oxygen atoms in total. The number of para-hydroxylation sites is 1. The van der Waals surface area contributed by atoms with Gasteiger partial charge in [-0.2, -0.15) is 0 Å². The van der Waals surface area contributed by atoms with Gasteiger partial charge < -0.3 is 18.6 Å². The average Bonchev–Trinajstić information content (AvgIpc) is 2.78. The molecule has 4 aromatic rings. The molecule has 30 heavy (non-hydrogen) atoms. The molecular weight excluding hydrogens is 402 g/mol. The summed E-state index contributed by atoms with van der Waals surface area (Å²) in [6.07, 6.45) is 0. The number of halogens is 1. The Morgan fingerprint density at radius 2 is 1.50 bits per heavy atom. The van der Waals surface area contributed by atoms with Crippen molar-refractivity contribution in [3.05, 3.63) is 77.1 Å². The summed E-state index contributed by atoms with van der Waals surface area (Å²) in [7, 11) is 4.79. The molecule has 0 fully saturated rings. The predicted octanol–water partition coefficient (Wildman–Crippen LogP) is 6.01. The maximum atomic E-state index is 6.27. The normalized spacial score (nSPS) is 11.5. The quantitative estimate of drug-likeness (QED) is 0.396.